The molecule has 1 aliphatic rings. The maximum absolute atomic E-state index is 12.1. The molecule has 0 saturated carbocycles. The fourth-order valence-corrected chi connectivity index (χ4v) is 4.47. The number of benzene rings is 1. The second kappa shape index (κ2) is 6.66. The minimum absolute atomic E-state index is 0.0904. The number of nitrogens with one attached hydrogen (secondary N) is 1. The molecule has 0 bridgehead atoms. The normalized spacial score (nSPS) is 20.8. The lowest BCUT2D eigenvalue weighted by atomic mass is 10.0. The number of rotatable bonds is 4. The van der Waals surface area contributed by atoms with Crippen molar-refractivity contribution in [3.63, 3.8) is 0 Å². The summed E-state index contributed by atoms with van der Waals surface area (Å²) in [5, 5.41) is 3.23. The first-order valence-corrected chi connectivity index (χ1v) is 8.93. The molecule has 0 radical (unpaired) electrons. The number of carbonyl (C=O) groups is 1. The van der Waals surface area contributed by atoms with Crippen LogP contribution in [0.2, 0.25) is 5.02 Å². The van der Waals surface area contributed by atoms with Crippen LogP contribution in [0.4, 0.5) is 5.69 Å². The van der Waals surface area contributed by atoms with Crippen molar-refractivity contribution >= 4 is 33.0 Å². The lowest BCUT2D eigenvalue weighted by Gasteiger charge is -2.21. The van der Waals surface area contributed by atoms with Gasteiger partial charge in [0.25, 0.3) is 0 Å². The van der Waals surface area contributed by atoms with Gasteiger partial charge in [-0.15, -0.1) is 0 Å². The standard InChI is InChI=1S/C14H18ClNO4S/c1-20-13-5-4-11(15)8-12(13)16-14(17)7-10-3-2-6-21(18,19)9-10/h4-5,8,10H,2-3,6-7,9H2,1H3,(H,16,17). The average Bonchev–Trinajstić information content (AvgIpc) is 2.37. The van der Waals surface area contributed by atoms with Gasteiger partial charge in [-0.2, -0.15) is 0 Å². The number of anilines is 1. The fraction of sp³-hybridized carbons (Fsp3) is 0.500. The summed E-state index contributed by atoms with van der Waals surface area (Å²) in [5.74, 6) is 0.496. The number of methoxy groups -OCH3 is 1. The Labute approximate surface area is 129 Å². The van der Waals surface area contributed by atoms with Crippen molar-refractivity contribution in [2.45, 2.75) is 19.3 Å². The number of amides is 1. The minimum atomic E-state index is -3.00. The Hall–Kier alpha value is -1.27. The molecule has 1 N–H and O–H groups in total. The highest BCUT2D eigenvalue weighted by molar-refractivity contribution is 7.91. The third kappa shape index (κ3) is 4.61. The van der Waals surface area contributed by atoms with Crippen molar-refractivity contribution in [1.29, 1.82) is 0 Å². The van der Waals surface area contributed by atoms with E-state index in [1.54, 1.807) is 18.2 Å². The first kappa shape index (κ1) is 16.1. The molecule has 21 heavy (non-hydrogen) atoms. The highest BCUT2D eigenvalue weighted by Crippen LogP contribution is 2.28. The molecule has 1 saturated heterocycles. The quantitative estimate of drug-likeness (QED) is 0.920. The molecule has 0 spiro atoms. The van der Waals surface area contributed by atoms with E-state index in [2.05, 4.69) is 5.32 Å². The van der Waals surface area contributed by atoms with Crippen molar-refractivity contribution < 1.29 is 17.9 Å². The molecule has 1 aromatic carbocycles. The van der Waals surface area contributed by atoms with Crippen molar-refractivity contribution in [2.75, 3.05) is 23.9 Å². The van der Waals surface area contributed by atoms with E-state index < -0.39 is 9.84 Å². The highest BCUT2D eigenvalue weighted by atomic mass is 35.5. The van der Waals surface area contributed by atoms with Gasteiger partial charge in [0.15, 0.2) is 9.84 Å². The molecule has 0 aromatic heterocycles. The molecule has 1 amide bonds. The predicted molar refractivity (Wildman–Crippen MR) is 82.6 cm³/mol. The number of halogens is 1. The number of hydrogen-bond acceptors (Lipinski definition) is 4. The van der Waals surface area contributed by atoms with E-state index in [0.717, 1.165) is 6.42 Å². The van der Waals surface area contributed by atoms with E-state index in [1.807, 2.05) is 0 Å². The molecule has 1 heterocycles. The SMILES string of the molecule is COc1ccc(Cl)cc1NC(=O)CC1CCCS(=O)(=O)C1. The zero-order valence-corrected chi connectivity index (χ0v) is 13.3. The zero-order chi connectivity index (χ0) is 15.5. The summed E-state index contributed by atoms with van der Waals surface area (Å²) in [7, 11) is -1.49. The molecule has 1 aromatic rings. The predicted octanol–water partition coefficient (Wildman–Crippen LogP) is 2.50. The Bertz CT molecular complexity index is 630. The Balaban J connectivity index is 2.00. The van der Waals surface area contributed by atoms with Crippen LogP contribution in [0.15, 0.2) is 18.2 Å². The van der Waals surface area contributed by atoms with Gasteiger partial charge in [0.1, 0.15) is 5.75 Å². The maximum Gasteiger partial charge on any atom is 0.224 e. The highest BCUT2D eigenvalue weighted by Gasteiger charge is 2.26. The Morgan fingerprint density at radius 1 is 1.48 bits per heavy atom. The topological polar surface area (TPSA) is 72.5 Å². The molecule has 2 rings (SSSR count). The van der Waals surface area contributed by atoms with Gasteiger partial charge in [-0.1, -0.05) is 11.6 Å². The molecular formula is C14H18ClNO4S. The summed E-state index contributed by atoms with van der Waals surface area (Å²) >= 11 is 5.90. The Kier molecular flexibility index (Phi) is 5.11. The van der Waals surface area contributed by atoms with Crippen molar-refractivity contribution in [3.05, 3.63) is 23.2 Å². The molecule has 5 nitrogen and oxygen atoms in total. The van der Waals surface area contributed by atoms with Crippen LogP contribution in [-0.4, -0.2) is 32.9 Å². The Morgan fingerprint density at radius 3 is 2.90 bits per heavy atom. The minimum Gasteiger partial charge on any atom is -0.495 e. The van der Waals surface area contributed by atoms with E-state index in [4.69, 9.17) is 16.3 Å². The lowest BCUT2D eigenvalue weighted by molar-refractivity contribution is -0.117. The fourth-order valence-electron chi connectivity index (χ4n) is 2.52. The van der Waals surface area contributed by atoms with Gasteiger partial charge in [0, 0.05) is 11.4 Å². The van der Waals surface area contributed by atoms with Crippen molar-refractivity contribution in [1.82, 2.24) is 0 Å². The third-order valence-corrected chi connectivity index (χ3v) is 5.59. The molecule has 1 aliphatic heterocycles. The third-order valence-electron chi connectivity index (χ3n) is 3.47. The summed E-state index contributed by atoms with van der Waals surface area (Å²) in [6, 6.07) is 4.95. The van der Waals surface area contributed by atoms with Crippen LogP contribution >= 0.6 is 11.6 Å². The molecule has 7 heteroatoms. The van der Waals surface area contributed by atoms with Crippen LogP contribution in [0.3, 0.4) is 0 Å². The molecule has 1 atom stereocenters. The molecule has 1 fully saturated rings. The number of carbonyl (C=O) groups excluding carboxylic acids is 1. The van der Waals surface area contributed by atoms with Gasteiger partial charge in [-0.05, 0) is 37.0 Å². The van der Waals surface area contributed by atoms with Gasteiger partial charge >= 0.3 is 0 Å². The van der Waals surface area contributed by atoms with Gasteiger partial charge < -0.3 is 10.1 Å². The number of sulfone groups is 1. The summed E-state index contributed by atoms with van der Waals surface area (Å²) in [4.78, 5) is 12.1. The number of hydrogen-bond donors (Lipinski definition) is 1. The van der Waals surface area contributed by atoms with Crippen LogP contribution in [0, 0.1) is 5.92 Å². The molecule has 0 aliphatic carbocycles. The maximum atomic E-state index is 12.1. The molecule has 116 valence electrons. The lowest BCUT2D eigenvalue weighted by Crippen LogP contribution is -2.28. The zero-order valence-electron chi connectivity index (χ0n) is 11.8. The van der Waals surface area contributed by atoms with Gasteiger partial charge in [-0.3, -0.25) is 4.79 Å². The summed E-state index contributed by atoms with van der Waals surface area (Å²) in [6.45, 7) is 0. The second-order valence-corrected chi connectivity index (χ2v) is 7.88. The number of ether oxygens (including phenoxy) is 1. The largest absolute Gasteiger partial charge is 0.495 e. The van der Waals surface area contributed by atoms with Gasteiger partial charge in [0.2, 0.25) is 5.91 Å². The summed E-state index contributed by atoms with van der Waals surface area (Å²) in [6.07, 6.45) is 1.58. The van der Waals surface area contributed by atoms with Crippen LogP contribution in [-0.2, 0) is 14.6 Å². The van der Waals surface area contributed by atoms with Crippen LogP contribution in [0.25, 0.3) is 0 Å². The molecule has 1 unspecified atom stereocenters. The van der Waals surface area contributed by atoms with Crippen molar-refractivity contribution in [3.8, 4) is 5.75 Å². The van der Waals surface area contributed by atoms with E-state index in [-0.39, 0.29) is 29.8 Å². The summed E-state index contributed by atoms with van der Waals surface area (Å²) < 4.78 is 28.3. The van der Waals surface area contributed by atoms with Gasteiger partial charge in [-0.25, -0.2) is 8.42 Å². The smallest absolute Gasteiger partial charge is 0.224 e. The average molecular weight is 332 g/mol. The first-order valence-electron chi connectivity index (χ1n) is 6.73. The van der Waals surface area contributed by atoms with E-state index in [0.29, 0.717) is 22.9 Å². The Morgan fingerprint density at radius 2 is 2.24 bits per heavy atom. The first-order chi connectivity index (χ1) is 9.89. The van der Waals surface area contributed by atoms with E-state index in [1.165, 1.54) is 7.11 Å². The second-order valence-electron chi connectivity index (χ2n) is 5.22. The van der Waals surface area contributed by atoms with Crippen LogP contribution in [0.1, 0.15) is 19.3 Å². The monoisotopic (exact) mass is 331 g/mol. The van der Waals surface area contributed by atoms with E-state index >= 15 is 0 Å². The summed E-state index contributed by atoms with van der Waals surface area (Å²) in [5.41, 5.74) is 0.494. The van der Waals surface area contributed by atoms with Crippen LogP contribution < -0.4 is 10.1 Å². The van der Waals surface area contributed by atoms with E-state index in [9.17, 15) is 13.2 Å². The van der Waals surface area contributed by atoms with Gasteiger partial charge in [0.05, 0.1) is 24.3 Å². The van der Waals surface area contributed by atoms with Crippen LogP contribution in [0.5, 0.6) is 5.75 Å². The molecular weight excluding hydrogens is 314 g/mol. The van der Waals surface area contributed by atoms with Crippen molar-refractivity contribution in [2.24, 2.45) is 5.92 Å².